The van der Waals surface area contributed by atoms with Crippen LogP contribution in [-0.4, -0.2) is 35.0 Å². The Kier molecular flexibility index (Phi) is 13.5. The van der Waals surface area contributed by atoms with Crippen molar-refractivity contribution in [3.05, 3.63) is 156 Å². The molecule has 0 saturated carbocycles. The Labute approximate surface area is 298 Å². The molecule has 0 fully saturated rings. The maximum absolute atomic E-state index is 13.5. The third-order valence-corrected chi connectivity index (χ3v) is 7.36. The molecule has 5 rings (SSSR count). The highest BCUT2D eigenvalue weighted by Crippen LogP contribution is 2.22. The molecule has 0 bridgehead atoms. The number of carboxylic acids is 1. The monoisotopic (exact) mass is 711 g/mol. The van der Waals surface area contributed by atoms with Gasteiger partial charge in [-0.3, -0.25) is 9.59 Å². The lowest BCUT2D eigenvalue weighted by Gasteiger charge is -2.20. The van der Waals surface area contributed by atoms with Gasteiger partial charge in [0.2, 0.25) is 11.8 Å². The fourth-order valence-corrected chi connectivity index (χ4v) is 4.77. The molecule has 52 heavy (non-hydrogen) atoms. The van der Waals surface area contributed by atoms with Crippen molar-refractivity contribution in [1.29, 1.82) is 0 Å². The van der Waals surface area contributed by atoms with E-state index in [-0.39, 0.29) is 30.7 Å². The number of aliphatic carboxylic acids is 1. The van der Waals surface area contributed by atoms with Gasteiger partial charge in [0.05, 0.1) is 12.1 Å². The van der Waals surface area contributed by atoms with E-state index in [2.05, 4.69) is 15.6 Å². The summed E-state index contributed by atoms with van der Waals surface area (Å²) in [6.45, 7) is 0.679. The van der Waals surface area contributed by atoms with E-state index in [0.29, 0.717) is 23.6 Å². The lowest BCUT2D eigenvalue weighted by atomic mass is 10.0. The van der Waals surface area contributed by atoms with Gasteiger partial charge in [-0.2, -0.15) is 13.2 Å². The van der Waals surface area contributed by atoms with Crippen molar-refractivity contribution in [3.63, 3.8) is 0 Å². The fourth-order valence-electron chi connectivity index (χ4n) is 4.77. The van der Waals surface area contributed by atoms with Crippen LogP contribution >= 0.6 is 0 Å². The van der Waals surface area contributed by atoms with E-state index in [4.69, 9.17) is 26.1 Å². The Bertz CT molecular complexity index is 1930. The molecule has 0 radical (unpaired) electrons. The normalized spacial score (nSPS) is 11.2. The molecule has 0 aliphatic heterocycles. The van der Waals surface area contributed by atoms with Gasteiger partial charge in [-0.25, -0.2) is 9.79 Å². The van der Waals surface area contributed by atoms with Gasteiger partial charge in [0.15, 0.2) is 5.96 Å². The maximum Gasteiger partial charge on any atom is 0.490 e. The zero-order valence-corrected chi connectivity index (χ0v) is 27.7. The molecule has 0 spiro atoms. The summed E-state index contributed by atoms with van der Waals surface area (Å²) in [5.74, 6) is -2.74. The molecule has 0 unspecified atom stereocenters. The molecule has 0 heterocycles. The Morgan fingerprint density at radius 2 is 1.25 bits per heavy atom. The number of carboxylic acid groups (broad SMARTS) is 1. The average molecular weight is 712 g/mol. The van der Waals surface area contributed by atoms with Crippen LogP contribution in [0.4, 0.5) is 18.9 Å². The van der Waals surface area contributed by atoms with E-state index >= 15 is 0 Å². The second-order valence-corrected chi connectivity index (χ2v) is 11.3. The summed E-state index contributed by atoms with van der Waals surface area (Å²) >= 11 is 0. The van der Waals surface area contributed by atoms with Gasteiger partial charge in [-0.15, -0.1) is 0 Å². The molecule has 7 N–H and O–H groups in total. The van der Waals surface area contributed by atoms with Crippen LogP contribution in [0.1, 0.15) is 28.3 Å². The number of hydrogen-bond donors (Lipinski definition) is 5. The predicted octanol–water partition coefficient (Wildman–Crippen LogP) is 6.19. The van der Waals surface area contributed by atoms with Crippen molar-refractivity contribution in [2.75, 3.05) is 0 Å². The molecule has 0 aromatic heterocycles. The largest absolute Gasteiger partial charge is 0.490 e. The molecule has 0 saturated heterocycles. The molecule has 5 aromatic carbocycles. The number of benzene rings is 5. The highest BCUT2D eigenvalue weighted by molar-refractivity contribution is 5.89. The van der Waals surface area contributed by atoms with E-state index in [1.54, 1.807) is 36.4 Å². The molecular formula is C39H36F3N5O5. The van der Waals surface area contributed by atoms with E-state index in [9.17, 15) is 22.8 Å². The first-order valence-corrected chi connectivity index (χ1v) is 15.8. The topological polar surface area (TPSA) is 169 Å². The van der Waals surface area contributed by atoms with Gasteiger partial charge < -0.3 is 31.9 Å². The first kappa shape index (κ1) is 38.2. The second kappa shape index (κ2) is 18.4. The number of nitrogens with zero attached hydrogens (tertiary/aromatic N) is 1. The van der Waals surface area contributed by atoms with E-state index in [1.807, 2.05) is 97.1 Å². The van der Waals surface area contributed by atoms with Crippen molar-refractivity contribution in [1.82, 2.24) is 10.6 Å². The third-order valence-electron chi connectivity index (χ3n) is 7.36. The van der Waals surface area contributed by atoms with Crippen molar-refractivity contribution >= 4 is 29.4 Å². The summed E-state index contributed by atoms with van der Waals surface area (Å²) in [6, 6.07) is 41.2. The molecule has 5 aromatic rings. The van der Waals surface area contributed by atoms with Crippen LogP contribution in [-0.2, 0) is 34.0 Å². The van der Waals surface area contributed by atoms with E-state index in [1.165, 1.54) is 0 Å². The zero-order valence-electron chi connectivity index (χ0n) is 27.7. The molecule has 0 aliphatic rings. The number of nitrogens with one attached hydrogen (secondary N) is 2. The van der Waals surface area contributed by atoms with Gasteiger partial charge in [0.1, 0.15) is 18.4 Å². The molecule has 0 aliphatic carbocycles. The Balaban J connectivity index is 0.000000785. The van der Waals surface area contributed by atoms with E-state index in [0.717, 1.165) is 27.8 Å². The van der Waals surface area contributed by atoms with Crippen molar-refractivity contribution in [2.24, 2.45) is 16.5 Å². The molecule has 10 nitrogen and oxygen atoms in total. The number of halogens is 3. The van der Waals surface area contributed by atoms with Crippen LogP contribution in [0.15, 0.2) is 138 Å². The molecular weight excluding hydrogens is 675 g/mol. The first-order valence-electron chi connectivity index (χ1n) is 15.8. The molecule has 13 heteroatoms. The Hall–Kier alpha value is -6.63. The van der Waals surface area contributed by atoms with Crippen LogP contribution < -0.4 is 26.8 Å². The summed E-state index contributed by atoms with van der Waals surface area (Å²) in [6.07, 6.45) is -4.95. The number of rotatable bonds is 12. The molecule has 2 amide bonds. The third kappa shape index (κ3) is 12.4. The van der Waals surface area contributed by atoms with Gasteiger partial charge >= 0.3 is 12.1 Å². The Morgan fingerprint density at radius 1 is 0.712 bits per heavy atom. The van der Waals surface area contributed by atoms with Gasteiger partial charge in [0.25, 0.3) is 0 Å². The Morgan fingerprint density at radius 3 is 1.81 bits per heavy atom. The van der Waals surface area contributed by atoms with Crippen LogP contribution in [0.5, 0.6) is 5.75 Å². The highest BCUT2D eigenvalue weighted by atomic mass is 19.4. The minimum atomic E-state index is -5.08. The predicted molar refractivity (Wildman–Crippen MR) is 191 cm³/mol. The number of guanidine groups is 1. The van der Waals surface area contributed by atoms with Crippen LogP contribution in [0.2, 0.25) is 0 Å². The van der Waals surface area contributed by atoms with E-state index < -0.39 is 18.2 Å². The number of carbonyl (C=O) groups is 3. The van der Waals surface area contributed by atoms with Crippen LogP contribution in [0, 0.1) is 0 Å². The maximum atomic E-state index is 13.5. The number of hydrogen-bond acceptors (Lipinski definition) is 5. The van der Waals surface area contributed by atoms with Gasteiger partial charge in [-0.05, 0) is 57.6 Å². The van der Waals surface area contributed by atoms with Crippen molar-refractivity contribution < 1.29 is 37.4 Å². The smallest absolute Gasteiger partial charge is 0.489 e. The first-order chi connectivity index (χ1) is 24.9. The quantitative estimate of drug-likeness (QED) is 0.0760. The lowest BCUT2D eigenvalue weighted by molar-refractivity contribution is -0.192. The number of ether oxygens (including phenoxy) is 1. The SMILES string of the molecule is NC(N)=Nc1ccc(CNC(=O)[C@@H](NC(=O)Cc2ccc(-c3ccccc3)cc2)c2ccc(OCc3ccccc3)cc2)cc1.O=C(O)C(F)(F)F. The van der Waals surface area contributed by atoms with Gasteiger partial charge in [0, 0.05) is 6.54 Å². The number of carbonyl (C=O) groups excluding carboxylic acids is 2. The summed E-state index contributed by atoms with van der Waals surface area (Å²) in [5.41, 5.74) is 17.1. The van der Waals surface area contributed by atoms with Gasteiger partial charge in [-0.1, -0.05) is 109 Å². The minimum absolute atomic E-state index is 0.0294. The number of nitrogens with two attached hydrogens (primary N) is 2. The van der Waals surface area contributed by atoms with Crippen molar-refractivity contribution in [2.45, 2.75) is 31.8 Å². The van der Waals surface area contributed by atoms with Crippen molar-refractivity contribution in [3.8, 4) is 16.9 Å². The molecule has 1 atom stereocenters. The molecule has 268 valence electrons. The number of aliphatic imine (C=N–C) groups is 1. The number of alkyl halides is 3. The van der Waals surface area contributed by atoms with Crippen LogP contribution in [0.25, 0.3) is 11.1 Å². The minimum Gasteiger partial charge on any atom is -0.489 e. The summed E-state index contributed by atoms with van der Waals surface area (Å²) in [7, 11) is 0. The number of amides is 2. The fraction of sp³-hybridized carbons (Fsp3) is 0.128. The standard InChI is InChI=1S/C37H35N5O3.C2HF3O2/c38-37(39)41-32-19-13-27(14-20-32)24-40-36(44)35(31-17-21-33(22-18-31)45-25-28-7-3-1-4-8-28)42-34(43)23-26-11-15-30(16-12-26)29-9-5-2-6-10-29;3-2(4,5)1(6)7/h1-22,35H,23-25H2,(H,40,44)(H,42,43)(H4,38,39,41);(H,6,7)/t35-;/m0./s1. The lowest BCUT2D eigenvalue weighted by Crippen LogP contribution is -2.40. The zero-order chi connectivity index (χ0) is 37.5. The highest BCUT2D eigenvalue weighted by Gasteiger charge is 2.38. The van der Waals surface area contributed by atoms with Crippen LogP contribution in [0.3, 0.4) is 0 Å². The second-order valence-electron chi connectivity index (χ2n) is 11.3. The average Bonchev–Trinajstić information content (AvgIpc) is 3.13. The summed E-state index contributed by atoms with van der Waals surface area (Å²) in [5, 5.41) is 13.0. The summed E-state index contributed by atoms with van der Waals surface area (Å²) in [4.78, 5) is 39.6. The summed E-state index contributed by atoms with van der Waals surface area (Å²) < 4.78 is 37.7.